The monoisotopic (exact) mass is 385 g/mol. The lowest BCUT2D eigenvalue weighted by Crippen LogP contribution is -2.23. The van der Waals surface area contributed by atoms with E-state index in [1.807, 2.05) is 6.07 Å². The van der Waals surface area contributed by atoms with Crippen LogP contribution in [-0.2, 0) is 13.6 Å². The molecule has 6 nitrogen and oxygen atoms in total. The lowest BCUT2D eigenvalue weighted by Gasteiger charge is -2.19. The maximum atomic E-state index is 13.8. The van der Waals surface area contributed by atoms with E-state index < -0.39 is 17.5 Å². The van der Waals surface area contributed by atoms with Gasteiger partial charge in [0.25, 0.3) is 5.91 Å². The number of carbonyl (C=O) groups excluding carboxylic acids is 1. The molecule has 0 fully saturated rings. The molecule has 4 rings (SSSR count). The van der Waals surface area contributed by atoms with Crippen molar-refractivity contribution in [3.05, 3.63) is 65.4 Å². The smallest absolute Gasteiger partial charge is 0.255 e. The summed E-state index contributed by atoms with van der Waals surface area (Å²) in [5, 5.41) is 6.82. The van der Waals surface area contributed by atoms with Gasteiger partial charge in [-0.3, -0.25) is 9.48 Å². The van der Waals surface area contributed by atoms with Crippen LogP contribution in [0.15, 0.2) is 42.6 Å². The van der Waals surface area contributed by atoms with Gasteiger partial charge in [-0.2, -0.15) is 5.10 Å². The van der Waals surface area contributed by atoms with Crippen molar-refractivity contribution in [1.82, 2.24) is 15.1 Å². The number of ether oxygens (including phenoxy) is 2. The second kappa shape index (κ2) is 7.30. The van der Waals surface area contributed by atoms with Crippen molar-refractivity contribution in [3.8, 4) is 22.8 Å². The average molecular weight is 385 g/mol. The molecule has 28 heavy (non-hydrogen) atoms. The van der Waals surface area contributed by atoms with Crippen molar-refractivity contribution < 1.29 is 23.0 Å². The molecule has 0 saturated carbocycles. The van der Waals surface area contributed by atoms with Crippen molar-refractivity contribution in [1.29, 1.82) is 0 Å². The van der Waals surface area contributed by atoms with Gasteiger partial charge in [-0.15, -0.1) is 0 Å². The van der Waals surface area contributed by atoms with Gasteiger partial charge >= 0.3 is 0 Å². The van der Waals surface area contributed by atoms with Gasteiger partial charge in [0, 0.05) is 30.8 Å². The molecule has 0 saturated heterocycles. The third-order valence-corrected chi connectivity index (χ3v) is 4.45. The second-order valence-corrected chi connectivity index (χ2v) is 6.31. The van der Waals surface area contributed by atoms with Gasteiger partial charge in [0.05, 0.1) is 17.5 Å². The fourth-order valence-electron chi connectivity index (χ4n) is 3.07. The molecule has 2 aromatic carbocycles. The Labute approximate surface area is 159 Å². The number of aryl methyl sites for hydroxylation is 1. The Morgan fingerprint density at radius 3 is 2.71 bits per heavy atom. The van der Waals surface area contributed by atoms with Crippen LogP contribution in [0, 0.1) is 11.6 Å². The molecular weight excluding hydrogens is 368 g/mol. The maximum absolute atomic E-state index is 13.8. The highest BCUT2D eigenvalue weighted by molar-refractivity contribution is 6.00. The van der Waals surface area contributed by atoms with Gasteiger partial charge in [0.1, 0.15) is 24.8 Å². The molecule has 2 heterocycles. The number of carbonyl (C=O) groups is 1. The molecule has 1 N–H and O–H groups in total. The summed E-state index contributed by atoms with van der Waals surface area (Å²) < 4.78 is 39.5. The van der Waals surface area contributed by atoms with E-state index in [4.69, 9.17) is 9.47 Å². The normalized spacial score (nSPS) is 12.7. The summed E-state index contributed by atoms with van der Waals surface area (Å²) in [5.74, 6) is -0.541. The molecule has 0 spiro atoms. The number of aromatic nitrogens is 2. The third kappa shape index (κ3) is 3.40. The average Bonchev–Trinajstić information content (AvgIpc) is 3.08. The first-order chi connectivity index (χ1) is 13.5. The Kier molecular flexibility index (Phi) is 4.68. The number of halogens is 2. The molecular formula is C20H17F2N3O3. The Balaban J connectivity index is 1.58. The van der Waals surface area contributed by atoms with Crippen molar-refractivity contribution in [2.45, 2.75) is 6.54 Å². The number of hydrogen-bond acceptors (Lipinski definition) is 4. The summed E-state index contributed by atoms with van der Waals surface area (Å²) in [7, 11) is 1.72. The van der Waals surface area contributed by atoms with E-state index in [1.165, 1.54) is 12.3 Å². The summed E-state index contributed by atoms with van der Waals surface area (Å²) in [6.45, 7) is 0.879. The topological polar surface area (TPSA) is 65.4 Å². The minimum atomic E-state index is -0.710. The summed E-state index contributed by atoms with van der Waals surface area (Å²) in [5.41, 5.74) is 1.86. The van der Waals surface area contributed by atoms with E-state index >= 15 is 0 Å². The Hall–Kier alpha value is -3.42. The van der Waals surface area contributed by atoms with E-state index in [9.17, 15) is 13.6 Å². The van der Waals surface area contributed by atoms with Crippen LogP contribution in [-0.4, -0.2) is 28.9 Å². The molecule has 3 aromatic rings. The van der Waals surface area contributed by atoms with Crippen molar-refractivity contribution in [3.63, 3.8) is 0 Å². The molecule has 0 atom stereocenters. The lowest BCUT2D eigenvalue weighted by atomic mass is 10.1. The van der Waals surface area contributed by atoms with Crippen molar-refractivity contribution in [2.75, 3.05) is 13.2 Å². The van der Waals surface area contributed by atoms with Crippen LogP contribution in [0.3, 0.4) is 0 Å². The number of rotatable bonds is 4. The predicted molar refractivity (Wildman–Crippen MR) is 97.2 cm³/mol. The van der Waals surface area contributed by atoms with E-state index in [1.54, 1.807) is 23.9 Å². The highest BCUT2D eigenvalue weighted by Crippen LogP contribution is 2.35. The molecule has 0 radical (unpaired) electrons. The lowest BCUT2D eigenvalue weighted by molar-refractivity contribution is 0.0951. The van der Waals surface area contributed by atoms with Gasteiger partial charge < -0.3 is 14.8 Å². The van der Waals surface area contributed by atoms with Crippen LogP contribution in [0.4, 0.5) is 8.78 Å². The zero-order chi connectivity index (χ0) is 19.7. The molecule has 1 aliphatic rings. The first-order valence-electron chi connectivity index (χ1n) is 8.67. The second-order valence-electron chi connectivity index (χ2n) is 6.31. The van der Waals surface area contributed by atoms with Gasteiger partial charge in [0.2, 0.25) is 0 Å². The highest BCUT2D eigenvalue weighted by Gasteiger charge is 2.20. The number of fused-ring (bicyclic) bond motifs is 1. The largest absolute Gasteiger partial charge is 0.486 e. The predicted octanol–water partition coefficient (Wildman–Crippen LogP) is 3.07. The van der Waals surface area contributed by atoms with E-state index in [0.717, 1.165) is 17.7 Å². The zero-order valence-corrected chi connectivity index (χ0v) is 15.0. The van der Waals surface area contributed by atoms with Crippen LogP contribution in [0.5, 0.6) is 11.5 Å². The standard InChI is InChI=1S/C20H17F2N3O3/c1-25-19(12-3-5-17-18(8-12)28-7-6-27-17)15(11-24-25)20(26)23-10-13-2-4-14(21)9-16(13)22/h2-5,8-9,11H,6-7,10H2,1H3,(H,23,26). The van der Waals surface area contributed by atoms with Crippen LogP contribution >= 0.6 is 0 Å². The van der Waals surface area contributed by atoms with Crippen LogP contribution in [0.25, 0.3) is 11.3 Å². The Morgan fingerprint density at radius 2 is 1.93 bits per heavy atom. The summed E-state index contributed by atoms with van der Waals surface area (Å²) in [6.07, 6.45) is 1.45. The van der Waals surface area contributed by atoms with Crippen molar-refractivity contribution >= 4 is 5.91 Å². The van der Waals surface area contributed by atoms with Crippen LogP contribution < -0.4 is 14.8 Å². The van der Waals surface area contributed by atoms with Gasteiger partial charge in [-0.1, -0.05) is 6.07 Å². The molecule has 0 aliphatic carbocycles. The highest BCUT2D eigenvalue weighted by atomic mass is 19.1. The zero-order valence-electron chi connectivity index (χ0n) is 15.0. The Morgan fingerprint density at radius 1 is 1.14 bits per heavy atom. The fourth-order valence-corrected chi connectivity index (χ4v) is 3.07. The van der Waals surface area contributed by atoms with E-state index in [-0.39, 0.29) is 12.1 Å². The molecule has 1 aliphatic heterocycles. The summed E-state index contributed by atoms with van der Waals surface area (Å²) in [6, 6.07) is 8.63. The summed E-state index contributed by atoms with van der Waals surface area (Å²) in [4.78, 5) is 12.7. The minimum absolute atomic E-state index is 0.0690. The SMILES string of the molecule is Cn1ncc(C(=O)NCc2ccc(F)cc2F)c1-c1ccc2c(c1)OCCO2. The number of amides is 1. The van der Waals surface area contributed by atoms with E-state index in [2.05, 4.69) is 10.4 Å². The maximum Gasteiger partial charge on any atom is 0.255 e. The molecule has 1 aromatic heterocycles. The number of nitrogens with one attached hydrogen (secondary N) is 1. The van der Waals surface area contributed by atoms with Crippen LogP contribution in [0.2, 0.25) is 0 Å². The first-order valence-corrected chi connectivity index (χ1v) is 8.67. The van der Waals surface area contributed by atoms with Gasteiger partial charge in [-0.05, 0) is 24.3 Å². The summed E-state index contributed by atoms with van der Waals surface area (Å²) >= 11 is 0. The number of nitrogens with zero attached hydrogens (tertiary/aromatic N) is 2. The first kappa shape index (κ1) is 18.0. The molecule has 144 valence electrons. The Bertz CT molecular complexity index is 1050. The fraction of sp³-hybridized carbons (Fsp3) is 0.200. The quantitative estimate of drug-likeness (QED) is 0.750. The van der Waals surface area contributed by atoms with E-state index in [0.29, 0.717) is 36.0 Å². The minimum Gasteiger partial charge on any atom is -0.486 e. The van der Waals surface area contributed by atoms with Gasteiger partial charge in [-0.25, -0.2) is 8.78 Å². The van der Waals surface area contributed by atoms with Crippen molar-refractivity contribution in [2.24, 2.45) is 7.05 Å². The molecule has 0 unspecified atom stereocenters. The number of hydrogen-bond donors (Lipinski definition) is 1. The van der Waals surface area contributed by atoms with Gasteiger partial charge in [0.15, 0.2) is 11.5 Å². The molecule has 1 amide bonds. The third-order valence-electron chi connectivity index (χ3n) is 4.45. The molecule has 0 bridgehead atoms. The molecule has 8 heteroatoms. The van der Waals surface area contributed by atoms with Crippen LogP contribution in [0.1, 0.15) is 15.9 Å². The number of benzene rings is 2.